The normalized spacial score (nSPS) is 15.9. The van der Waals surface area contributed by atoms with E-state index in [9.17, 15) is 14.4 Å². The van der Waals surface area contributed by atoms with E-state index < -0.39 is 12.1 Å². The van der Waals surface area contributed by atoms with Gasteiger partial charge in [0.05, 0.1) is 17.5 Å². The molecule has 0 unspecified atom stereocenters. The van der Waals surface area contributed by atoms with Gasteiger partial charge in [-0.15, -0.1) is 11.8 Å². The fourth-order valence-electron chi connectivity index (χ4n) is 3.84. The molecule has 0 aromatic heterocycles. The smallest absolute Gasteiger partial charge is 0.316 e. The Morgan fingerprint density at radius 1 is 1.12 bits per heavy atom. The lowest BCUT2D eigenvalue weighted by molar-refractivity contribution is -0.152. The number of fused-ring (bicyclic) bond motifs is 1. The second kappa shape index (κ2) is 11.2. The maximum atomic E-state index is 12.5. The first kappa shape index (κ1) is 23.9. The molecule has 1 aliphatic carbocycles. The Bertz CT molecular complexity index is 992. The second-order valence-corrected chi connectivity index (χ2v) is 9.13. The van der Waals surface area contributed by atoms with E-state index in [1.54, 1.807) is 6.92 Å². The summed E-state index contributed by atoms with van der Waals surface area (Å²) in [5.41, 5.74) is 5.27. The Morgan fingerprint density at radius 2 is 1.91 bits per heavy atom. The van der Waals surface area contributed by atoms with Crippen LogP contribution >= 0.6 is 11.8 Å². The van der Waals surface area contributed by atoms with Crippen LogP contribution in [0.3, 0.4) is 0 Å². The zero-order valence-electron chi connectivity index (χ0n) is 18.8. The van der Waals surface area contributed by atoms with Gasteiger partial charge in [-0.25, -0.2) is 0 Å². The molecule has 0 radical (unpaired) electrons. The summed E-state index contributed by atoms with van der Waals surface area (Å²) in [7, 11) is 0. The van der Waals surface area contributed by atoms with Gasteiger partial charge < -0.3 is 15.4 Å². The molecule has 170 valence electrons. The Balaban J connectivity index is 1.40. The van der Waals surface area contributed by atoms with Crippen LogP contribution in [0.2, 0.25) is 0 Å². The number of amides is 2. The molecule has 0 heterocycles. The van der Waals surface area contributed by atoms with Crippen molar-refractivity contribution in [2.45, 2.75) is 52.2 Å². The van der Waals surface area contributed by atoms with Gasteiger partial charge in [-0.2, -0.15) is 0 Å². The molecule has 6 nitrogen and oxygen atoms in total. The SMILES string of the molecule is Cc1ccc(NC(=O)CSCC(=O)O[C@@H](C)C(=O)N[C@H]2CCCc3ccccc32)c(C)c1. The molecule has 2 atom stereocenters. The van der Waals surface area contributed by atoms with Crippen LogP contribution in [0.25, 0.3) is 0 Å². The first-order chi connectivity index (χ1) is 15.3. The second-order valence-electron chi connectivity index (χ2n) is 8.14. The molecule has 0 bridgehead atoms. The number of hydrogen-bond acceptors (Lipinski definition) is 5. The van der Waals surface area contributed by atoms with Crippen LogP contribution in [0.15, 0.2) is 42.5 Å². The summed E-state index contributed by atoms with van der Waals surface area (Å²) >= 11 is 1.16. The molecule has 32 heavy (non-hydrogen) atoms. The highest BCUT2D eigenvalue weighted by Crippen LogP contribution is 2.29. The van der Waals surface area contributed by atoms with Gasteiger partial charge in [0.2, 0.25) is 5.91 Å². The van der Waals surface area contributed by atoms with Gasteiger partial charge in [-0.3, -0.25) is 14.4 Å². The number of benzene rings is 2. The van der Waals surface area contributed by atoms with Crippen molar-refractivity contribution in [3.05, 3.63) is 64.7 Å². The molecule has 2 aromatic carbocycles. The third kappa shape index (κ3) is 6.60. The zero-order valence-corrected chi connectivity index (χ0v) is 19.6. The van der Waals surface area contributed by atoms with Crippen molar-refractivity contribution in [3.8, 4) is 0 Å². The van der Waals surface area contributed by atoms with Crippen LogP contribution in [0, 0.1) is 13.8 Å². The van der Waals surface area contributed by atoms with E-state index in [-0.39, 0.29) is 29.4 Å². The number of carbonyl (C=O) groups excluding carboxylic acids is 3. The van der Waals surface area contributed by atoms with E-state index in [1.807, 2.05) is 50.2 Å². The molecule has 1 aliphatic rings. The summed E-state index contributed by atoms with van der Waals surface area (Å²) in [4.78, 5) is 36.8. The molecule has 2 aromatic rings. The van der Waals surface area contributed by atoms with Crippen LogP contribution in [-0.4, -0.2) is 35.4 Å². The number of carbonyl (C=O) groups is 3. The maximum Gasteiger partial charge on any atom is 0.316 e. The number of anilines is 1. The average Bonchev–Trinajstić information content (AvgIpc) is 2.76. The van der Waals surface area contributed by atoms with Gasteiger partial charge in [0.1, 0.15) is 0 Å². The third-order valence-electron chi connectivity index (χ3n) is 5.47. The van der Waals surface area contributed by atoms with Gasteiger partial charge in [0.25, 0.3) is 5.91 Å². The number of thioether (sulfide) groups is 1. The van der Waals surface area contributed by atoms with Crippen LogP contribution < -0.4 is 10.6 Å². The summed E-state index contributed by atoms with van der Waals surface area (Å²) in [6.45, 7) is 5.50. The van der Waals surface area contributed by atoms with Crippen LogP contribution in [-0.2, 0) is 25.5 Å². The van der Waals surface area contributed by atoms with Crippen molar-refractivity contribution in [1.82, 2.24) is 5.32 Å². The van der Waals surface area contributed by atoms with Crippen molar-refractivity contribution >= 4 is 35.2 Å². The Labute approximate surface area is 193 Å². The molecule has 3 rings (SSSR count). The Hall–Kier alpha value is -2.80. The molecule has 0 spiro atoms. The van der Waals surface area contributed by atoms with Crippen molar-refractivity contribution in [1.29, 1.82) is 0 Å². The highest BCUT2D eigenvalue weighted by Gasteiger charge is 2.25. The number of aryl methyl sites for hydroxylation is 3. The first-order valence-electron chi connectivity index (χ1n) is 10.9. The molecule has 2 amide bonds. The zero-order chi connectivity index (χ0) is 23.1. The molecule has 0 fully saturated rings. The summed E-state index contributed by atoms with van der Waals surface area (Å²) in [6, 6.07) is 13.8. The topological polar surface area (TPSA) is 84.5 Å². The van der Waals surface area contributed by atoms with Crippen molar-refractivity contribution in [3.63, 3.8) is 0 Å². The van der Waals surface area contributed by atoms with Gasteiger partial charge in [-0.05, 0) is 62.8 Å². The molecule has 7 heteroatoms. The van der Waals surface area contributed by atoms with E-state index >= 15 is 0 Å². The number of hydrogen-bond donors (Lipinski definition) is 2. The average molecular weight is 455 g/mol. The van der Waals surface area contributed by atoms with Crippen molar-refractivity contribution < 1.29 is 19.1 Å². The quantitative estimate of drug-likeness (QED) is 0.587. The molecule has 0 saturated heterocycles. The van der Waals surface area contributed by atoms with E-state index in [0.29, 0.717) is 0 Å². The Kier molecular flexibility index (Phi) is 8.33. The van der Waals surface area contributed by atoms with E-state index in [1.165, 1.54) is 5.56 Å². The molecular formula is C25H30N2O4S. The van der Waals surface area contributed by atoms with E-state index in [2.05, 4.69) is 16.7 Å². The predicted molar refractivity (Wildman–Crippen MR) is 128 cm³/mol. The number of ether oxygens (including phenoxy) is 1. The standard InChI is InChI=1S/C25H30N2O4S/c1-16-11-12-21(17(2)13-16)26-23(28)14-32-15-24(29)31-18(3)25(30)27-22-10-6-8-19-7-4-5-9-20(19)22/h4-5,7,9,11-13,18,22H,6,8,10,14-15H2,1-3H3,(H,26,28)(H,27,30)/t18-,22-/m0/s1. The molecule has 0 saturated carbocycles. The highest BCUT2D eigenvalue weighted by molar-refractivity contribution is 8.00. The minimum Gasteiger partial charge on any atom is -0.452 e. The van der Waals surface area contributed by atoms with Crippen molar-refractivity contribution in [2.24, 2.45) is 0 Å². The fraction of sp³-hybridized carbons (Fsp3) is 0.400. The largest absolute Gasteiger partial charge is 0.452 e. The minimum absolute atomic E-state index is 0.00415. The maximum absolute atomic E-state index is 12.5. The minimum atomic E-state index is -0.888. The van der Waals surface area contributed by atoms with Gasteiger partial charge >= 0.3 is 5.97 Å². The summed E-state index contributed by atoms with van der Waals surface area (Å²) in [6.07, 6.45) is 2.01. The molecule has 0 aliphatic heterocycles. The van der Waals surface area contributed by atoms with Gasteiger partial charge in [0, 0.05) is 5.69 Å². The predicted octanol–water partition coefficient (Wildman–Crippen LogP) is 4.10. The van der Waals surface area contributed by atoms with Crippen LogP contribution in [0.4, 0.5) is 5.69 Å². The van der Waals surface area contributed by atoms with Crippen LogP contribution in [0.1, 0.15) is 48.1 Å². The fourth-order valence-corrected chi connectivity index (χ4v) is 4.44. The van der Waals surface area contributed by atoms with E-state index in [4.69, 9.17) is 4.74 Å². The van der Waals surface area contributed by atoms with Crippen molar-refractivity contribution in [2.75, 3.05) is 16.8 Å². The number of rotatable bonds is 8. The molecular weight excluding hydrogens is 424 g/mol. The lowest BCUT2D eigenvalue weighted by Crippen LogP contribution is -2.39. The number of nitrogens with one attached hydrogen (secondary N) is 2. The van der Waals surface area contributed by atoms with Gasteiger partial charge in [-0.1, -0.05) is 42.0 Å². The third-order valence-corrected chi connectivity index (χ3v) is 6.38. The monoisotopic (exact) mass is 454 g/mol. The lowest BCUT2D eigenvalue weighted by Gasteiger charge is -2.27. The van der Waals surface area contributed by atoms with Crippen LogP contribution in [0.5, 0.6) is 0 Å². The lowest BCUT2D eigenvalue weighted by atomic mass is 9.87. The molecule has 2 N–H and O–H groups in total. The summed E-state index contributed by atoms with van der Waals surface area (Å²) in [5.74, 6) is -0.873. The number of esters is 1. The summed E-state index contributed by atoms with van der Waals surface area (Å²) in [5, 5.41) is 5.85. The highest BCUT2D eigenvalue weighted by atomic mass is 32.2. The summed E-state index contributed by atoms with van der Waals surface area (Å²) < 4.78 is 5.27. The van der Waals surface area contributed by atoms with Gasteiger partial charge in [0.15, 0.2) is 6.10 Å². The Morgan fingerprint density at radius 3 is 2.69 bits per heavy atom. The van der Waals surface area contributed by atoms with E-state index in [0.717, 1.165) is 53.4 Å². The first-order valence-corrected chi connectivity index (χ1v) is 12.0.